The van der Waals surface area contributed by atoms with Gasteiger partial charge < -0.3 is 19.4 Å². The van der Waals surface area contributed by atoms with Gasteiger partial charge in [-0.05, 0) is 67.8 Å². The summed E-state index contributed by atoms with van der Waals surface area (Å²) in [6, 6.07) is 16.9. The quantitative estimate of drug-likeness (QED) is 0.219. The van der Waals surface area contributed by atoms with E-state index in [4.69, 9.17) is 19.4 Å². The van der Waals surface area contributed by atoms with Gasteiger partial charge in [-0.1, -0.05) is 12.1 Å². The monoisotopic (exact) mass is 544 g/mol. The lowest BCUT2D eigenvalue weighted by Crippen LogP contribution is -2.31. The number of methoxy groups -OCH3 is 2. The topological polar surface area (TPSA) is 77.3 Å². The zero-order valence-electron chi connectivity index (χ0n) is 23.4. The first-order valence-corrected chi connectivity index (χ1v) is 13.9. The van der Waals surface area contributed by atoms with Gasteiger partial charge in [0.05, 0.1) is 24.2 Å². The fourth-order valence-corrected chi connectivity index (χ4v) is 5.43. The summed E-state index contributed by atoms with van der Waals surface area (Å²) in [5.41, 5.74) is 4.64. The molecule has 0 unspecified atom stereocenters. The molecular weight excluding hydrogens is 507 g/mol. The minimum atomic E-state index is -0.268. The van der Waals surface area contributed by atoms with Crippen molar-refractivity contribution in [2.75, 3.05) is 45.8 Å². The first kappa shape index (κ1) is 27.7. The lowest BCUT2D eigenvalue weighted by atomic mass is 10.1. The van der Waals surface area contributed by atoms with Gasteiger partial charge in [0.1, 0.15) is 17.4 Å². The van der Waals surface area contributed by atoms with E-state index in [1.807, 2.05) is 25.1 Å². The van der Waals surface area contributed by atoms with Crippen molar-refractivity contribution in [2.45, 2.75) is 38.8 Å². The number of fused-ring (bicyclic) bond motifs is 1. The predicted molar refractivity (Wildman–Crippen MR) is 155 cm³/mol. The van der Waals surface area contributed by atoms with Gasteiger partial charge in [-0.25, -0.2) is 19.3 Å². The number of nitrogens with zero attached hydrogens (tertiary/aromatic N) is 5. The molecule has 0 saturated carbocycles. The number of hydrogen-bond acceptors (Lipinski definition) is 7. The molecule has 0 amide bonds. The average Bonchev–Trinajstić information content (AvgIpc) is 3.54. The molecule has 4 aromatic rings. The molecule has 0 radical (unpaired) electrons. The second kappa shape index (κ2) is 13.0. The Morgan fingerprint density at radius 1 is 1.10 bits per heavy atom. The van der Waals surface area contributed by atoms with Crippen LogP contribution in [0.25, 0.3) is 22.6 Å². The second-order valence-corrected chi connectivity index (χ2v) is 10.0. The molecule has 9 heteroatoms. The third-order valence-electron chi connectivity index (χ3n) is 7.23. The van der Waals surface area contributed by atoms with Crippen LogP contribution in [-0.2, 0) is 17.7 Å². The molecule has 0 bridgehead atoms. The van der Waals surface area contributed by atoms with Crippen LogP contribution < -0.4 is 10.1 Å². The van der Waals surface area contributed by atoms with E-state index in [-0.39, 0.29) is 11.9 Å². The fourth-order valence-electron chi connectivity index (χ4n) is 5.43. The Morgan fingerprint density at radius 2 is 1.95 bits per heavy atom. The van der Waals surface area contributed by atoms with E-state index < -0.39 is 0 Å². The number of aryl methyl sites for hydroxylation is 1. The summed E-state index contributed by atoms with van der Waals surface area (Å²) in [4.78, 5) is 16.8. The van der Waals surface area contributed by atoms with Crippen molar-refractivity contribution in [1.29, 1.82) is 0 Å². The van der Waals surface area contributed by atoms with Crippen LogP contribution in [0, 0.1) is 5.82 Å². The van der Waals surface area contributed by atoms with Gasteiger partial charge >= 0.3 is 0 Å². The highest BCUT2D eigenvalue weighted by Crippen LogP contribution is 2.39. The van der Waals surface area contributed by atoms with E-state index in [1.54, 1.807) is 32.5 Å². The summed E-state index contributed by atoms with van der Waals surface area (Å²) in [5.74, 6) is 2.20. The molecule has 210 valence electrons. The molecule has 3 heterocycles. The van der Waals surface area contributed by atoms with E-state index in [0.717, 1.165) is 79.7 Å². The van der Waals surface area contributed by atoms with Crippen LogP contribution in [0.4, 0.5) is 10.3 Å². The number of imidazole rings is 1. The van der Waals surface area contributed by atoms with Crippen LogP contribution in [0.15, 0.2) is 60.8 Å². The van der Waals surface area contributed by atoms with Crippen molar-refractivity contribution in [3.05, 3.63) is 78.0 Å². The molecule has 1 aliphatic rings. The van der Waals surface area contributed by atoms with Gasteiger partial charge in [0.2, 0.25) is 5.95 Å². The first-order valence-electron chi connectivity index (χ1n) is 13.9. The molecule has 1 N–H and O–H groups in total. The highest BCUT2D eigenvalue weighted by Gasteiger charge is 2.32. The summed E-state index contributed by atoms with van der Waals surface area (Å²) in [6.45, 7) is 6.02. The largest absolute Gasteiger partial charge is 0.497 e. The van der Waals surface area contributed by atoms with Gasteiger partial charge in [-0.15, -0.1) is 0 Å². The number of anilines is 1. The zero-order valence-corrected chi connectivity index (χ0v) is 23.4. The average molecular weight is 545 g/mol. The van der Waals surface area contributed by atoms with Gasteiger partial charge in [0, 0.05) is 64.1 Å². The lowest BCUT2D eigenvalue weighted by Gasteiger charge is -2.27. The minimum absolute atomic E-state index is 0.206. The third-order valence-corrected chi connectivity index (χ3v) is 7.23. The number of nitrogens with one attached hydrogen (secondary N) is 1. The molecule has 1 atom stereocenters. The highest BCUT2D eigenvalue weighted by atomic mass is 19.1. The molecule has 8 nitrogen and oxygen atoms in total. The van der Waals surface area contributed by atoms with Crippen molar-refractivity contribution in [1.82, 2.24) is 24.4 Å². The van der Waals surface area contributed by atoms with Crippen molar-refractivity contribution in [3.63, 3.8) is 0 Å². The maximum Gasteiger partial charge on any atom is 0.223 e. The standard InChI is InChI=1S/C31H37FN6O2/c1-4-33-31-34-16-15-27(35-31)30-29(23-9-11-24(32)12-10-23)36-28-14-13-25(38(28)30)21-37(17-6-18-39-2)20-22-7-5-8-26(19-22)40-3/h5,7-12,15-16,19,25H,4,6,13-14,17-18,20-21H2,1-3H3,(H,33,34,35)/t25-/m0/s1. The molecule has 2 aromatic carbocycles. The summed E-state index contributed by atoms with van der Waals surface area (Å²) < 4.78 is 27.0. The van der Waals surface area contributed by atoms with E-state index in [2.05, 4.69) is 31.9 Å². The Hall–Kier alpha value is -3.82. The molecular formula is C31H37FN6O2. The van der Waals surface area contributed by atoms with E-state index in [9.17, 15) is 4.39 Å². The number of ether oxygens (including phenoxy) is 2. The number of benzene rings is 2. The predicted octanol–water partition coefficient (Wildman–Crippen LogP) is 5.61. The van der Waals surface area contributed by atoms with Gasteiger partial charge in [0.25, 0.3) is 0 Å². The molecule has 40 heavy (non-hydrogen) atoms. The van der Waals surface area contributed by atoms with Crippen molar-refractivity contribution < 1.29 is 13.9 Å². The molecule has 0 fully saturated rings. The van der Waals surface area contributed by atoms with E-state index in [1.165, 1.54) is 17.7 Å². The molecule has 0 spiro atoms. The molecule has 2 aromatic heterocycles. The van der Waals surface area contributed by atoms with Crippen LogP contribution in [0.3, 0.4) is 0 Å². The third kappa shape index (κ3) is 6.32. The summed E-state index contributed by atoms with van der Waals surface area (Å²) >= 11 is 0. The summed E-state index contributed by atoms with van der Waals surface area (Å²) in [7, 11) is 3.44. The molecule has 0 saturated heterocycles. The van der Waals surface area contributed by atoms with Gasteiger partial charge in [0.15, 0.2) is 0 Å². The second-order valence-electron chi connectivity index (χ2n) is 10.0. The number of rotatable bonds is 13. The lowest BCUT2D eigenvalue weighted by molar-refractivity contribution is 0.161. The first-order chi connectivity index (χ1) is 19.6. The van der Waals surface area contributed by atoms with Crippen LogP contribution in [0.2, 0.25) is 0 Å². The van der Waals surface area contributed by atoms with Crippen LogP contribution in [0.1, 0.15) is 37.2 Å². The fraction of sp³-hybridized carbons (Fsp3) is 0.387. The van der Waals surface area contributed by atoms with Crippen molar-refractivity contribution in [3.8, 4) is 28.4 Å². The van der Waals surface area contributed by atoms with Crippen LogP contribution in [-0.4, -0.2) is 64.9 Å². The van der Waals surface area contributed by atoms with Crippen LogP contribution in [0.5, 0.6) is 5.75 Å². The SMILES string of the molecule is CCNc1nccc(-c2c(-c3ccc(F)cc3)nc3n2[C@H](CN(CCCOC)Cc2cccc(OC)c2)CC3)n1. The van der Waals surface area contributed by atoms with Crippen LogP contribution >= 0.6 is 0 Å². The maximum atomic E-state index is 13.8. The highest BCUT2D eigenvalue weighted by molar-refractivity contribution is 5.78. The Labute approximate surface area is 235 Å². The summed E-state index contributed by atoms with van der Waals surface area (Å²) in [6.07, 6.45) is 4.58. The Morgan fingerprint density at radius 3 is 2.73 bits per heavy atom. The Kier molecular flexibility index (Phi) is 9.03. The van der Waals surface area contributed by atoms with E-state index >= 15 is 0 Å². The number of halogens is 1. The maximum absolute atomic E-state index is 13.8. The zero-order chi connectivity index (χ0) is 27.9. The van der Waals surface area contributed by atoms with Gasteiger partial charge in [-0.3, -0.25) is 4.90 Å². The molecule has 5 rings (SSSR count). The van der Waals surface area contributed by atoms with Gasteiger partial charge in [-0.2, -0.15) is 0 Å². The normalized spacial score (nSPS) is 14.5. The summed E-state index contributed by atoms with van der Waals surface area (Å²) in [5, 5.41) is 3.22. The number of hydrogen-bond donors (Lipinski definition) is 1. The Bertz CT molecular complexity index is 1410. The number of aromatic nitrogens is 4. The molecule has 0 aliphatic carbocycles. The van der Waals surface area contributed by atoms with Crippen molar-refractivity contribution >= 4 is 5.95 Å². The van der Waals surface area contributed by atoms with E-state index in [0.29, 0.717) is 12.6 Å². The smallest absolute Gasteiger partial charge is 0.223 e. The minimum Gasteiger partial charge on any atom is -0.497 e. The Balaban J connectivity index is 1.52. The van der Waals surface area contributed by atoms with Crippen molar-refractivity contribution in [2.24, 2.45) is 0 Å². The molecule has 1 aliphatic heterocycles.